The second-order valence-electron chi connectivity index (χ2n) is 7.24. The first kappa shape index (κ1) is 17.5. The van der Waals surface area contributed by atoms with Crippen molar-refractivity contribution in [3.05, 3.63) is 53.2 Å². The fraction of sp³-hybridized carbons (Fsp3) is 0.368. The van der Waals surface area contributed by atoms with Gasteiger partial charge in [-0.2, -0.15) is 5.10 Å². The summed E-state index contributed by atoms with van der Waals surface area (Å²) in [5, 5.41) is 7.47. The van der Waals surface area contributed by atoms with E-state index in [2.05, 4.69) is 25.4 Å². The van der Waals surface area contributed by atoms with Crippen LogP contribution in [0, 0.1) is 0 Å². The van der Waals surface area contributed by atoms with Crippen molar-refractivity contribution in [2.24, 2.45) is 0 Å². The topological polar surface area (TPSA) is 68.0 Å². The summed E-state index contributed by atoms with van der Waals surface area (Å²) in [7, 11) is 0. The molecule has 0 saturated heterocycles. The van der Waals surface area contributed by atoms with Gasteiger partial charge in [0.25, 0.3) is 0 Å². The van der Waals surface area contributed by atoms with Crippen LogP contribution < -0.4 is 5.32 Å². The van der Waals surface area contributed by atoms with Gasteiger partial charge < -0.3 is 5.32 Å². The van der Waals surface area contributed by atoms with Crippen LogP contribution in [0.15, 0.2) is 30.6 Å². The Morgan fingerprint density at radius 2 is 2.11 bits per heavy atom. The van der Waals surface area contributed by atoms with Crippen molar-refractivity contribution in [1.29, 1.82) is 0 Å². The van der Waals surface area contributed by atoms with Crippen molar-refractivity contribution in [3.63, 3.8) is 0 Å². The van der Waals surface area contributed by atoms with Gasteiger partial charge in [0.1, 0.15) is 11.8 Å². The van der Waals surface area contributed by atoms with E-state index in [9.17, 15) is 8.78 Å². The monoisotopic (exact) mass is 372 g/mol. The Balaban J connectivity index is 0.00000225. The maximum atomic E-state index is 13.8. The van der Waals surface area contributed by atoms with E-state index >= 15 is 0 Å². The second kappa shape index (κ2) is 6.37. The molecule has 6 nitrogen and oxygen atoms in total. The summed E-state index contributed by atoms with van der Waals surface area (Å²) in [6.07, 6.45) is 4.71. The van der Waals surface area contributed by atoms with Crippen LogP contribution >= 0.6 is 0 Å². The number of allylic oxidation sites excluding steroid dienone is 1. The first-order chi connectivity index (χ1) is 12.8. The average Bonchev–Trinajstić information content (AvgIpc) is 3.22. The Bertz CT molecular complexity index is 1040. The third-order valence-electron chi connectivity index (χ3n) is 4.40. The maximum absolute atomic E-state index is 13.8. The molecule has 0 fully saturated rings. The molecule has 3 aromatic rings. The van der Waals surface area contributed by atoms with Crippen molar-refractivity contribution >= 4 is 17.2 Å². The lowest BCUT2D eigenvalue weighted by molar-refractivity contribution is 0.234. The molecule has 1 unspecified atom stereocenters. The number of aromatic nitrogens is 5. The van der Waals surface area contributed by atoms with Gasteiger partial charge in [-0.25, -0.2) is 28.2 Å². The first-order valence-electron chi connectivity index (χ1n) is 8.80. The zero-order valence-corrected chi connectivity index (χ0v) is 15.4. The molecule has 3 aromatic heterocycles. The third-order valence-corrected chi connectivity index (χ3v) is 4.40. The van der Waals surface area contributed by atoms with Crippen molar-refractivity contribution in [2.45, 2.75) is 39.0 Å². The highest BCUT2D eigenvalue weighted by atomic mass is 19.1. The molecule has 142 valence electrons. The summed E-state index contributed by atoms with van der Waals surface area (Å²) in [4.78, 5) is 13.0. The van der Waals surface area contributed by atoms with Gasteiger partial charge in [-0.15, -0.1) is 0 Å². The van der Waals surface area contributed by atoms with E-state index in [0.717, 1.165) is 16.8 Å². The van der Waals surface area contributed by atoms with Gasteiger partial charge in [0.2, 0.25) is 5.95 Å². The fourth-order valence-electron chi connectivity index (χ4n) is 3.03. The van der Waals surface area contributed by atoms with Crippen LogP contribution in [0.1, 0.15) is 51.0 Å². The van der Waals surface area contributed by atoms with E-state index in [-0.39, 0.29) is 7.97 Å². The van der Waals surface area contributed by atoms with E-state index in [1.165, 1.54) is 31.5 Å². The number of hydrogen-bond donors (Lipinski definition) is 1. The van der Waals surface area contributed by atoms with Gasteiger partial charge in [0.05, 0.1) is 29.8 Å². The summed E-state index contributed by atoms with van der Waals surface area (Å²) in [5.41, 5.74) is 3.00. The summed E-state index contributed by atoms with van der Waals surface area (Å²) < 4.78 is 29.0. The van der Waals surface area contributed by atoms with Crippen LogP contribution in [0.2, 0.25) is 0 Å². The minimum Gasteiger partial charge on any atom is -0.351 e. The van der Waals surface area contributed by atoms with Crippen molar-refractivity contribution < 1.29 is 10.2 Å². The minimum atomic E-state index is -1.35. The standard InChI is InChI=1S/C19H20F2N6.H2/c1-11(20)16-9-22-17-7-6-15(26-27(16)17)12-4-5-14-13(12)8-23-18(25-14)24-10-19(2,3)21;/h4,6-9,11H,5,10H2,1-3H3,(H,23,24,25);1H. The Kier molecular flexibility index (Phi) is 4.13. The molecule has 0 bridgehead atoms. The largest absolute Gasteiger partial charge is 0.351 e. The highest BCUT2D eigenvalue weighted by molar-refractivity contribution is 5.82. The lowest BCUT2D eigenvalue weighted by atomic mass is 10.1. The average molecular weight is 372 g/mol. The zero-order valence-electron chi connectivity index (χ0n) is 15.4. The Morgan fingerprint density at radius 3 is 2.85 bits per heavy atom. The van der Waals surface area contributed by atoms with Gasteiger partial charge in [-0.05, 0) is 32.9 Å². The number of anilines is 1. The summed E-state index contributed by atoms with van der Waals surface area (Å²) in [6.45, 7) is 4.59. The molecular weight excluding hydrogens is 350 g/mol. The Morgan fingerprint density at radius 1 is 1.30 bits per heavy atom. The first-order valence-corrected chi connectivity index (χ1v) is 8.80. The molecule has 8 heteroatoms. The molecule has 27 heavy (non-hydrogen) atoms. The molecule has 0 amide bonds. The molecule has 0 aromatic carbocycles. The molecule has 1 aliphatic carbocycles. The van der Waals surface area contributed by atoms with Crippen LogP contribution in [-0.4, -0.2) is 36.8 Å². The summed E-state index contributed by atoms with van der Waals surface area (Å²) in [5.74, 6) is 0.403. The van der Waals surface area contributed by atoms with Gasteiger partial charge in [-0.3, -0.25) is 0 Å². The van der Waals surface area contributed by atoms with Gasteiger partial charge in [0.15, 0.2) is 5.65 Å². The molecule has 0 aliphatic heterocycles. The number of imidazole rings is 1. The van der Waals surface area contributed by atoms with E-state index in [1.54, 1.807) is 6.20 Å². The Hall–Kier alpha value is -2.90. The predicted octanol–water partition coefficient (Wildman–Crippen LogP) is 3.94. The number of hydrogen-bond acceptors (Lipinski definition) is 5. The fourth-order valence-corrected chi connectivity index (χ4v) is 3.03. The van der Waals surface area contributed by atoms with E-state index in [4.69, 9.17) is 0 Å². The van der Waals surface area contributed by atoms with E-state index < -0.39 is 11.8 Å². The van der Waals surface area contributed by atoms with Crippen molar-refractivity contribution in [1.82, 2.24) is 24.6 Å². The number of nitrogens with one attached hydrogen (secondary N) is 1. The van der Waals surface area contributed by atoms with Crippen LogP contribution in [0.25, 0.3) is 11.2 Å². The molecule has 1 atom stereocenters. The van der Waals surface area contributed by atoms with Crippen molar-refractivity contribution in [3.8, 4) is 0 Å². The normalized spacial score (nSPS) is 14.9. The van der Waals surface area contributed by atoms with Gasteiger partial charge in [0, 0.05) is 25.2 Å². The quantitative estimate of drug-likeness (QED) is 0.735. The Labute approximate surface area is 156 Å². The number of alkyl halides is 2. The lowest BCUT2D eigenvalue weighted by Gasteiger charge is -2.15. The van der Waals surface area contributed by atoms with E-state index in [0.29, 0.717) is 29.4 Å². The van der Waals surface area contributed by atoms with Crippen LogP contribution in [-0.2, 0) is 6.42 Å². The van der Waals surface area contributed by atoms with E-state index in [1.807, 2.05) is 18.2 Å². The minimum absolute atomic E-state index is 0. The number of halogens is 2. The molecule has 3 heterocycles. The summed E-state index contributed by atoms with van der Waals surface area (Å²) >= 11 is 0. The molecule has 0 saturated carbocycles. The smallest absolute Gasteiger partial charge is 0.223 e. The van der Waals surface area contributed by atoms with Crippen LogP contribution in [0.5, 0.6) is 0 Å². The molecule has 1 N–H and O–H groups in total. The molecular formula is C19H22F2N6. The second-order valence-corrected chi connectivity index (χ2v) is 7.24. The SMILES string of the molecule is CC(F)c1cnc2ccc(C3=CCc4nc(NCC(C)(C)F)ncc43)nn12.[HH]. The van der Waals surface area contributed by atoms with Gasteiger partial charge >= 0.3 is 0 Å². The molecule has 0 spiro atoms. The number of fused-ring (bicyclic) bond motifs is 2. The van der Waals surface area contributed by atoms with Crippen LogP contribution in [0.4, 0.5) is 14.7 Å². The maximum Gasteiger partial charge on any atom is 0.223 e. The van der Waals surface area contributed by atoms with Crippen molar-refractivity contribution in [2.75, 3.05) is 11.9 Å². The predicted molar refractivity (Wildman–Crippen MR) is 101 cm³/mol. The summed E-state index contributed by atoms with van der Waals surface area (Å²) in [6, 6.07) is 3.67. The number of nitrogens with zero attached hydrogens (tertiary/aromatic N) is 5. The molecule has 4 rings (SSSR count). The van der Waals surface area contributed by atoms with Crippen LogP contribution in [0.3, 0.4) is 0 Å². The van der Waals surface area contributed by atoms with Gasteiger partial charge in [-0.1, -0.05) is 6.08 Å². The molecule has 1 aliphatic rings. The molecule has 0 radical (unpaired) electrons. The lowest BCUT2D eigenvalue weighted by Crippen LogP contribution is -2.25. The third kappa shape index (κ3) is 3.39. The highest BCUT2D eigenvalue weighted by Gasteiger charge is 2.22. The number of rotatable bonds is 5. The highest BCUT2D eigenvalue weighted by Crippen LogP contribution is 2.31. The zero-order chi connectivity index (χ0) is 19.2.